The molecule has 7 nitrogen and oxygen atoms in total. The minimum absolute atomic E-state index is 0.0424. The van der Waals surface area contributed by atoms with E-state index in [0.717, 1.165) is 10.9 Å². The molecule has 8 heteroatoms. The van der Waals surface area contributed by atoms with E-state index >= 15 is 0 Å². The van der Waals surface area contributed by atoms with Gasteiger partial charge in [-0.05, 0) is 24.4 Å². The maximum Gasteiger partial charge on any atom is 0.354 e. The van der Waals surface area contributed by atoms with E-state index in [0.29, 0.717) is 0 Å². The second-order valence-electron chi connectivity index (χ2n) is 4.40. The monoisotopic (exact) mass is 307 g/mol. The zero-order valence-electron chi connectivity index (χ0n) is 11.4. The molecule has 0 radical (unpaired) electrons. The highest BCUT2D eigenvalue weighted by Gasteiger charge is 2.25. The molecule has 0 saturated carbocycles. The molecule has 0 fully saturated rings. The lowest BCUT2D eigenvalue weighted by atomic mass is 10.2. The summed E-state index contributed by atoms with van der Waals surface area (Å²) in [6.45, 7) is 1.88. The molecule has 0 amide bonds. The zero-order valence-corrected chi connectivity index (χ0v) is 12.2. The van der Waals surface area contributed by atoms with Crippen LogP contribution in [0, 0.1) is 10.1 Å². The molecule has 0 aliphatic rings. The number of rotatable bonds is 5. The molecule has 0 aliphatic carbocycles. The van der Waals surface area contributed by atoms with Gasteiger partial charge in [0.2, 0.25) is 5.82 Å². The van der Waals surface area contributed by atoms with E-state index in [1.807, 2.05) is 24.4 Å². The van der Waals surface area contributed by atoms with Crippen LogP contribution in [-0.2, 0) is 0 Å². The molecule has 1 unspecified atom stereocenters. The Labute approximate surface area is 124 Å². The molecule has 0 saturated heterocycles. The number of aromatic nitrogens is 1. The van der Waals surface area contributed by atoms with Crippen LogP contribution in [0.25, 0.3) is 0 Å². The fraction of sp³-hybridized carbons (Fsp3) is 0.231. The Morgan fingerprint density at radius 1 is 1.48 bits per heavy atom. The van der Waals surface area contributed by atoms with Crippen LogP contribution in [0.5, 0.6) is 0 Å². The lowest BCUT2D eigenvalue weighted by Gasteiger charge is -2.24. The number of nitrogens with zero attached hydrogens (tertiary/aromatic N) is 3. The number of nitro groups is 1. The van der Waals surface area contributed by atoms with E-state index in [-0.39, 0.29) is 23.2 Å². The summed E-state index contributed by atoms with van der Waals surface area (Å²) in [5.41, 5.74) is -0.438. The highest BCUT2D eigenvalue weighted by atomic mass is 32.1. The van der Waals surface area contributed by atoms with E-state index in [2.05, 4.69) is 4.98 Å². The van der Waals surface area contributed by atoms with E-state index < -0.39 is 10.9 Å². The van der Waals surface area contributed by atoms with Crippen molar-refractivity contribution in [1.82, 2.24) is 4.98 Å². The van der Waals surface area contributed by atoms with Crippen molar-refractivity contribution >= 4 is 28.8 Å². The molecule has 110 valence electrons. The Morgan fingerprint density at radius 2 is 2.19 bits per heavy atom. The van der Waals surface area contributed by atoms with Crippen LogP contribution in [0.3, 0.4) is 0 Å². The van der Waals surface area contributed by atoms with Gasteiger partial charge >= 0.3 is 11.7 Å². The molecule has 0 spiro atoms. The van der Waals surface area contributed by atoms with Gasteiger partial charge in [-0.2, -0.15) is 0 Å². The third-order valence-electron chi connectivity index (χ3n) is 3.14. The van der Waals surface area contributed by atoms with Gasteiger partial charge in [-0.1, -0.05) is 6.07 Å². The Bertz CT molecular complexity index is 672. The van der Waals surface area contributed by atoms with Gasteiger partial charge in [-0.25, -0.2) is 9.78 Å². The van der Waals surface area contributed by atoms with E-state index in [1.165, 1.54) is 17.4 Å². The Kier molecular flexibility index (Phi) is 4.18. The first-order valence-electron chi connectivity index (χ1n) is 6.06. The lowest BCUT2D eigenvalue weighted by Crippen LogP contribution is -2.23. The number of hydrogen-bond acceptors (Lipinski definition) is 6. The first-order chi connectivity index (χ1) is 9.91. The largest absolute Gasteiger partial charge is 0.477 e. The summed E-state index contributed by atoms with van der Waals surface area (Å²) in [6.07, 6.45) is 0. The summed E-state index contributed by atoms with van der Waals surface area (Å²) >= 11 is 1.52. The molecule has 1 atom stereocenters. The number of carboxylic acid groups (broad SMARTS) is 1. The molecule has 2 aromatic rings. The van der Waals surface area contributed by atoms with Gasteiger partial charge in [0.05, 0.1) is 11.0 Å². The van der Waals surface area contributed by atoms with Gasteiger partial charge in [0, 0.05) is 18.0 Å². The van der Waals surface area contributed by atoms with Crippen LogP contribution < -0.4 is 4.90 Å². The van der Waals surface area contributed by atoms with E-state index in [1.54, 1.807) is 11.9 Å². The van der Waals surface area contributed by atoms with Gasteiger partial charge in [0.25, 0.3) is 0 Å². The van der Waals surface area contributed by atoms with Gasteiger partial charge in [-0.15, -0.1) is 11.3 Å². The number of pyridine rings is 1. The predicted molar refractivity (Wildman–Crippen MR) is 79.0 cm³/mol. The fourth-order valence-corrected chi connectivity index (χ4v) is 2.69. The lowest BCUT2D eigenvalue weighted by molar-refractivity contribution is -0.384. The van der Waals surface area contributed by atoms with Crippen molar-refractivity contribution in [2.24, 2.45) is 0 Å². The van der Waals surface area contributed by atoms with Crippen molar-refractivity contribution < 1.29 is 14.8 Å². The second kappa shape index (κ2) is 5.88. The van der Waals surface area contributed by atoms with Crippen molar-refractivity contribution in [3.63, 3.8) is 0 Å². The van der Waals surface area contributed by atoms with Crippen molar-refractivity contribution in [2.45, 2.75) is 13.0 Å². The number of aromatic carboxylic acids is 1. The quantitative estimate of drug-likeness (QED) is 0.674. The van der Waals surface area contributed by atoms with Crippen molar-refractivity contribution in [1.29, 1.82) is 0 Å². The number of anilines is 1. The van der Waals surface area contributed by atoms with Crippen molar-refractivity contribution in [3.8, 4) is 0 Å². The van der Waals surface area contributed by atoms with Gasteiger partial charge in [0.15, 0.2) is 5.69 Å². The number of carbonyl (C=O) groups is 1. The Morgan fingerprint density at radius 3 is 2.71 bits per heavy atom. The molecule has 2 heterocycles. The molecule has 0 aromatic carbocycles. The normalized spacial score (nSPS) is 11.9. The molecule has 0 bridgehead atoms. The highest BCUT2D eigenvalue weighted by molar-refractivity contribution is 7.10. The molecule has 2 aromatic heterocycles. The minimum atomic E-state index is -1.22. The maximum atomic E-state index is 11.1. The topological polar surface area (TPSA) is 96.6 Å². The first-order valence-corrected chi connectivity index (χ1v) is 6.94. The third-order valence-corrected chi connectivity index (χ3v) is 4.18. The molecular formula is C13H13N3O4S. The van der Waals surface area contributed by atoms with Crippen molar-refractivity contribution in [3.05, 3.63) is 50.3 Å². The summed E-state index contributed by atoms with van der Waals surface area (Å²) in [6, 6.07) is 5.95. The molecule has 1 N–H and O–H groups in total. The third kappa shape index (κ3) is 3.00. The van der Waals surface area contributed by atoms with Crippen LogP contribution in [-0.4, -0.2) is 28.0 Å². The average molecular weight is 307 g/mol. The second-order valence-corrected chi connectivity index (χ2v) is 5.38. The predicted octanol–water partition coefficient (Wildman–Crippen LogP) is 2.95. The Hall–Kier alpha value is -2.48. The fourth-order valence-electron chi connectivity index (χ4n) is 1.87. The minimum Gasteiger partial charge on any atom is -0.477 e. The SMILES string of the molecule is CC(c1cccs1)N(C)c1nc(C(=O)O)ccc1[N+](=O)[O-]. The zero-order chi connectivity index (χ0) is 15.6. The van der Waals surface area contributed by atoms with Crippen LogP contribution >= 0.6 is 11.3 Å². The van der Waals surface area contributed by atoms with Crippen LogP contribution in [0.1, 0.15) is 28.3 Å². The molecule has 2 rings (SSSR count). The average Bonchev–Trinajstić information content (AvgIpc) is 2.99. The van der Waals surface area contributed by atoms with Gasteiger partial charge in [-0.3, -0.25) is 10.1 Å². The van der Waals surface area contributed by atoms with Crippen LogP contribution in [0.15, 0.2) is 29.6 Å². The van der Waals surface area contributed by atoms with Gasteiger partial charge < -0.3 is 10.0 Å². The number of thiophene rings is 1. The maximum absolute atomic E-state index is 11.1. The van der Waals surface area contributed by atoms with E-state index in [4.69, 9.17) is 5.11 Å². The summed E-state index contributed by atoms with van der Waals surface area (Å²) in [5.74, 6) is -1.18. The summed E-state index contributed by atoms with van der Waals surface area (Å²) in [7, 11) is 1.66. The summed E-state index contributed by atoms with van der Waals surface area (Å²) < 4.78 is 0. The molecular weight excluding hydrogens is 294 g/mol. The first kappa shape index (κ1) is 14.9. The number of carboxylic acids is 1. The van der Waals surface area contributed by atoms with E-state index in [9.17, 15) is 14.9 Å². The highest BCUT2D eigenvalue weighted by Crippen LogP contribution is 2.32. The van der Waals surface area contributed by atoms with Crippen LogP contribution in [0.2, 0.25) is 0 Å². The Balaban J connectivity index is 2.46. The smallest absolute Gasteiger partial charge is 0.354 e. The molecule has 21 heavy (non-hydrogen) atoms. The number of hydrogen-bond donors (Lipinski definition) is 1. The summed E-state index contributed by atoms with van der Waals surface area (Å²) in [4.78, 5) is 28.1. The summed E-state index contributed by atoms with van der Waals surface area (Å²) in [5, 5.41) is 22.0. The van der Waals surface area contributed by atoms with Crippen LogP contribution in [0.4, 0.5) is 11.5 Å². The van der Waals surface area contributed by atoms with Crippen molar-refractivity contribution in [2.75, 3.05) is 11.9 Å². The van der Waals surface area contributed by atoms with Gasteiger partial charge in [0.1, 0.15) is 0 Å². The molecule has 0 aliphatic heterocycles. The standard InChI is InChI=1S/C13H13N3O4S/c1-8(11-4-3-7-21-11)15(2)12-10(16(19)20)6-5-9(14-12)13(17)18/h3-8H,1-2H3,(H,17,18).